The van der Waals surface area contributed by atoms with Crippen LogP contribution in [0.5, 0.6) is 0 Å². The van der Waals surface area contributed by atoms with Crippen molar-refractivity contribution < 1.29 is 14.4 Å². The molecule has 1 aliphatic heterocycles. The number of aryl methyl sites for hydroxylation is 1. The molecule has 4 rings (SSSR count). The highest BCUT2D eigenvalue weighted by molar-refractivity contribution is 5.94. The second-order valence-corrected chi connectivity index (χ2v) is 11.7. The summed E-state index contributed by atoms with van der Waals surface area (Å²) in [4.78, 5) is 42.5. The van der Waals surface area contributed by atoms with Gasteiger partial charge in [-0.1, -0.05) is 51.1 Å². The molecule has 5 N–H and O–H groups in total. The fraction of sp³-hybridized carbons (Fsp3) is 0.500. The number of hydrogen-bond donors (Lipinski definition) is 4. The lowest BCUT2D eigenvalue weighted by molar-refractivity contribution is -0.147. The van der Waals surface area contributed by atoms with Crippen LogP contribution < -0.4 is 21.7 Å². The first kappa shape index (κ1) is 27.6. The van der Waals surface area contributed by atoms with Gasteiger partial charge in [0.15, 0.2) is 0 Å². The fourth-order valence-corrected chi connectivity index (χ4v) is 5.45. The summed E-state index contributed by atoms with van der Waals surface area (Å²) in [6.45, 7) is 7.76. The van der Waals surface area contributed by atoms with Gasteiger partial charge in [0.05, 0.1) is 12.1 Å². The van der Waals surface area contributed by atoms with Crippen LogP contribution >= 0.6 is 0 Å². The molecule has 2 aromatic rings. The van der Waals surface area contributed by atoms with Gasteiger partial charge in [-0.3, -0.25) is 14.4 Å². The number of anilines is 1. The van der Waals surface area contributed by atoms with E-state index in [0.29, 0.717) is 12.1 Å². The predicted octanol–water partition coefficient (Wildman–Crippen LogP) is 2.85. The number of amides is 3. The van der Waals surface area contributed by atoms with Crippen molar-refractivity contribution in [3.05, 3.63) is 64.7 Å². The first-order valence-corrected chi connectivity index (χ1v) is 13.5. The summed E-state index contributed by atoms with van der Waals surface area (Å²) in [6, 6.07) is 11.8. The highest BCUT2D eigenvalue weighted by Crippen LogP contribution is 2.32. The number of likely N-dealkylation sites (N-methyl/N-ethyl adjacent to an activating group) is 1. The van der Waals surface area contributed by atoms with E-state index in [1.54, 1.807) is 18.9 Å². The molecule has 0 radical (unpaired) electrons. The summed E-state index contributed by atoms with van der Waals surface area (Å²) >= 11 is 0. The van der Waals surface area contributed by atoms with Crippen molar-refractivity contribution in [1.82, 2.24) is 20.9 Å². The van der Waals surface area contributed by atoms with Crippen LogP contribution in [0.2, 0.25) is 0 Å². The van der Waals surface area contributed by atoms with E-state index in [1.165, 1.54) is 5.56 Å². The quantitative estimate of drug-likeness (QED) is 0.438. The Morgan fingerprint density at radius 1 is 1.05 bits per heavy atom. The summed E-state index contributed by atoms with van der Waals surface area (Å²) < 4.78 is 0. The second-order valence-electron chi connectivity index (χ2n) is 11.7. The van der Waals surface area contributed by atoms with Crippen molar-refractivity contribution in [2.75, 3.05) is 12.8 Å². The fourth-order valence-electron chi connectivity index (χ4n) is 5.45. The Hall–Kier alpha value is -3.39. The van der Waals surface area contributed by atoms with E-state index in [1.807, 2.05) is 51.1 Å². The van der Waals surface area contributed by atoms with Gasteiger partial charge in [0.25, 0.3) is 0 Å². The zero-order valence-corrected chi connectivity index (χ0v) is 23.1. The van der Waals surface area contributed by atoms with Crippen molar-refractivity contribution in [3.63, 3.8) is 0 Å². The lowest BCUT2D eigenvalue weighted by Gasteiger charge is -2.41. The van der Waals surface area contributed by atoms with E-state index in [9.17, 15) is 14.4 Å². The summed E-state index contributed by atoms with van der Waals surface area (Å²) in [5, 5.41) is 9.13. The number of nitrogens with one attached hydrogen (secondary N) is 3. The minimum atomic E-state index is -0.806. The van der Waals surface area contributed by atoms with Crippen molar-refractivity contribution in [2.45, 2.75) is 84.1 Å². The Morgan fingerprint density at radius 3 is 2.50 bits per heavy atom. The third-order valence-corrected chi connectivity index (χ3v) is 7.86. The summed E-state index contributed by atoms with van der Waals surface area (Å²) in [6.07, 6.45) is 3.25. The molecule has 1 aliphatic carbocycles. The predicted molar refractivity (Wildman–Crippen MR) is 149 cm³/mol. The zero-order chi connectivity index (χ0) is 27.6. The molecular formula is C30H41N5O3. The third kappa shape index (κ3) is 5.85. The molecule has 204 valence electrons. The number of benzene rings is 2. The number of nitrogen functional groups attached to an aromatic ring is 1. The molecule has 8 nitrogen and oxygen atoms in total. The number of carbonyl (C=O) groups is 3. The van der Waals surface area contributed by atoms with Gasteiger partial charge in [-0.05, 0) is 73.0 Å². The first-order chi connectivity index (χ1) is 18.0. The van der Waals surface area contributed by atoms with Gasteiger partial charge in [-0.15, -0.1) is 0 Å². The van der Waals surface area contributed by atoms with Crippen LogP contribution in [-0.4, -0.2) is 47.8 Å². The summed E-state index contributed by atoms with van der Waals surface area (Å²) in [5.74, 6) is -0.709. The Bertz CT molecular complexity index is 1200. The van der Waals surface area contributed by atoms with E-state index in [0.717, 1.165) is 36.0 Å². The number of fused-ring (bicyclic) bond motifs is 2. The maximum Gasteiger partial charge on any atom is 0.246 e. The van der Waals surface area contributed by atoms with Crippen molar-refractivity contribution in [2.24, 2.45) is 5.41 Å². The monoisotopic (exact) mass is 519 g/mol. The number of hydrogen-bond acceptors (Lipinski definition) is 5. The Morgan fingerprint density at radius 2 is 1.79 bits per heavy atom. The minimum Gasteiger partial charge on any atom is -0.399 e. The topological polar surface area (TPSA) is 117 Å². The van der Waals surface area contributed by atoms with Gasteiger partial charge < -0.3 is 26.6 Å². The minimum absolute atomic E-state index is 0.0909. The van der Waals surface area contributed by atoms with Crippen LogP contribution in [0, 0.1) is 5.41 Å². The van der Waals surface area contributed by atoms with Crippen molar-refractivity contribution in [1.29, 1.82) is 0 Å². The molecule has 3 amide bonds. The average Bonchev–Trinajstić information content (AvgIpc) is 2.89. The van der Waals surface area contributed by atoms with Crippen LogP contribution in [0.1, 0.15) is 68.8 Å². The molecule has 0 spiro atoms. The molecule has 0 fully saturated rings. The summed E-state index contributed by atoms with van der Waals surface area (Å²) in [7, 11) is 1.70. The molecule has 8 heteroatoms. The van der Waals surface area contributed by atoms with E-state index in [-0.39, 0.29) is 30.3 Å². The lowest BCUT2D eigenvalue weighted by Crippen LogP contribution is -2.62. The number of rotatable bonds is 6. The van der Waals surface area contributed by atoms with E-state index in [4.69, 9.17) is 5.73 Å². The molecule has 0 bridgehead atoms. The molecule has 0 aromatic heterocycles. The van der Waals surface area contributed by atoms with Gasteiger partial charge in [0.2, 0.25) is 17.7 Å². The average molecular weight is 520 g/mol. The SMILES string of the molecule is CN[C@@H](C)C(=O)NC(C(=O)N1Cc2cc(N)ccc2C[C@H]1C(=O)N[C@@H]1CCCc2ccccc21)C(C)(C)C. The molecule has 4 atom stereocenters. The van der Waals surface area contributed by atoms with Crippen LogP contribution in [0.15, 0.2) is 42.5 Å². The van der Waals surface area contributed by atoms with Gasteiger partial charge >= 0.3 is 0 Å². The Balaban J connectivity index is 1.65. The number of nitrogens with two attached hydrogens (primary N) is 1. The van der Waals surface area contributed by atoms with E-state index in [2.05, 4.69) is 28.1 Å². The van der Waals surface area contributed by atoms with Crippen LogP contribution in [0.4, 0.5) is 5.69 Å². The van der Waals surface area contributed by atoms with Gasteiger partial charge in [-0.2, -0.15) is 0 Å². The smallest absolute Gasteiger partial charge is 0.246 e. The van der Waals surface area contributed by atoms with E-state index < -0.39 is 23.5 Å². The Kier molecular flexibility index (Phi) is 8.11. The third-order valence-electron chi connectivity index (χ3n) is 7.86. The molecule has 2 aromatic carbocycles. The molecule has 0 saturated heterocycles. The lowest BCUT2D eigenvalue weighted by atomic mass is 9.83. The standard InChI is InChI=1S/C30H41N5O3/c1-18(32-5)27(36)34-26(30(2,3)4)29(38)35-17-21-15-22(31)14-13-20(21)16-25(35)28(37)33-24-12-8-10-19-9-6-7-11-23(19)24/h6-7,9,11,13-15,18,24-26,32H,8,10,12,16-17,31H2,1-5H3,(H,33,37)(H,34,36)/t18-,24+,25-,26?/m0/s1. The second kappa shape index (κ2) is 11.2. The normalized spacial score (nSPS) is 20.5. The molecule has 38 heavy (non-hydrogen) atoms. The molecule has 1 heterocycles. The van der Waals surface area contributed by atoms with Crippen LogP contribution in [0.3, 0.4) is 0 Å². The van der Waals surface area contributed by atoms with Gasteiger partial charge in [0.1, 0.15) is 12.1 Å². The first-order valence-electron chi connectivity index (χ1n) is 13.5. The maximum absolute atomic E-state index is 14.2. The zero-order valence-electron chi connectivity index (χ0n) is 23.1. The van der Waals surface area contributed by atoms with Crippen molar-refractivity contribution >= 4 is 23.4 Å². The number of carbonyl (C=O) groups excluding carboxylic acids is 3. The largest absolute Gasteiger partial charge is 0.399 e. The maximum atomic E-state index is 14.2. The van der Waals surface area contributed by atoms with Crippen LogP contribution in [-0.2, 0) is 33.8 Å². The summed E-state index contributed by atoms with van der Waals surface area (Å²) in [5.41, 5.74) is 10.4. The van der Waals surface area contributed by atoms with Crippen molar-refractivity contribution in [3.8, 4) is 0 Å². The Labute approximate surface area is 225 Å². The molecular weight excluding hydrogens is 478 g/mol. The van der Waals surface area contributed by atoms with Gasteiger partial charge in [-0.25, -0.2) is 0 Å². The molecule has 0 saturated carbocycles. The highest BCUT2D eigenvalue weighted by Gasteiger charge is 2.42. The van der Waals surface area contributed by atoms with Crippen LogP contribution in [0.25, 0.3) is 0 Å². The molecule has 2 aliphatic rings. The highest BCUT2D eigenvalue weighted by atomic mass is 16.2. The van der Waals surface area contributed by atoms with Gasteiger partial charge in [0, 0.05) is 18.7 Å². The molecule has 1 unspecified atom stereocenters. The number of nitrogens with zero attached hydrogens (tertiary/aromatic N) is 1. The van der Waals surface area contributed by atoms with E-state index >= 15 is 0 Å².